The summed E-state index contributed by atoms with van der Waals surface area (Å²) in [4.78, 5) is 19.3. The van der Waals surface area contributed by atoms with Crippen LogP contribution in [0.1, 0.15) is 29.7 Å². The quantitative estimate of drug-likeness (QED) is 0.695. The summed E-state index contributed by atoms with van der Waals surface area (Å²) in [7, 11) is 0. The summed E-state index contributed by atoms with van der Waals surface area (Å²) >= 11 is 0. The summed E-state index contributed by atoms with van der Waals surface area (Å²) in [5, 5.41) is 3.54. The highest BCUT2D eigenvalue weighted by Crippen LogP contribution is 2.47. The number of piperazine rings is 1. The van der Waals surface area contributed by atoms with Crippen molar-refractivity contribution in [3.8, 4) is 11.3 Å². The van der Waals surface area contributed by atoms with Gasteiger partial charge in [-0.2, -0.15) is 0 Å². The van der Waals surface area contributed by atoms with Crippen LogP contribution in [0.15, 0.2) is 54.9 Å². The Labute approximate surface area is 189 Å². The Morgan fingerprint density at radius 2 is 1.72 bits per heavy atom. The number of pyridine rings is 1. The van der Waals surface area contributed by atoms with Crippen molar-refractivity contribution >= 4 is 5.95 Å². The fourth-order valence-electron chi connectivity index (χ4n) is 5.70. The predicted octanol–water partition coefficient (Wildman–Crippen LogP) is 3.04. The second-order valence-electron chi connectivity index (χ2n) is 9.38. The predicted molar refractivity (Wildman–Crippen MR) is 127 cm³/mol. The molecule has 164 valence electrons. The molecule has 2 aliphatic heterocycles. The molecule has 0 amide bonds. The van der Waals surface area contributed by atoms with Crippen molar-refractivity contribution in [3.63, 3.8) is 0 Å². The van der Waals surface area contributed by atoms with Gasteiger partial charge in [-0.1, -0.05) is 30.3 Å². The van der Waals surface area contributed by atoms with Gasteiger partial charge in [0.25, 0.3) is 0 Å². The molecular weight excluding hydrogens is 396 g/mol. The Bertz CT molecular complexity index is 1080. The average Bonchev–Trinajstić information content (AvgIpc) is 2.86. The van der Waals surface area contributed by atoms with Gasteiger partial charge in [-0.25, -0.2) is 9.97 Å². The standard InChI is InChI=1S/C26H30N6/c1-2-7-23-22(6-1)24-20(17-26(23)8-11-27-12-9-26)18-29-25(30-24)32-15-13-31(14-16-32)19-21-5-3-4-10-28-21/h1-7,10,18,27H,8-9,11-17,19H2. The summed E-state index contributed by atoms with van der Waals surface area (Å²) < 4.78 is 0. The van der Waals surface area contributed by atoms with Crippen molar-refractivity contribution < 1.29 is 0 Å². The molecule has 3 aromatic rings. The van der Waals surface area contributed by atoms with Gasteiger partial charge in [0, 0.05) is 56.1 Å². The molecule has 0 radical (unpaired) electrons. The molecule has 6 heteroatoms. The molecule has 6 rings (SSSR count). The lowest BCUT2D eigenvalue weighted by atomic mass is 9.64. The SMILES string of the molecule is c1ccc(CN2CCN(c3ncc4c(n3)-c3ccccc3C3(CCNCC3)C4)CC2)nc1. The number of nitrogens with zero attached hydrogens (tertiary/aromatic N) is 5. The Kier molecular flexibility index (Phi) is 5.12. The molecule has 0 atom stereocenters. The lowest BCUT2D eigenvalue weighted by Crippen LogP contribution is -2.47. The van der Waals surface area contributed by atoms with Crippen LogP contribution in [-0.2, 0) is 18.4 Å². The van der Waals surface area contributed by atoms with E-state index in [4.69, 9.17) is 9.97 Å². The molecular formula is C26H30N6. The number of rotatable bonds is 3. The lowest BCUT2D eigenvalue weighted by molar-refractivity contribution is 0.246. The van der Waals surface area contributed by atoms with Gasteiger partial charge in [-0.05, 0) is 55.6 Å². The van der Waals surface area contributed by atoms with E-state index in [0.29, 0.717) is 0 Å². The highest BCUT2D eigenvalue weighted by molar-refractivity contribution is 5.72. The largest absolute Gasteiger partial charge is 0.338 e. The highest BCUT2D eigenvalue weighted by Gasteiger charge is 2.40. The van der Waals surface area contributed by atoms with Crippen molar-refractivity contribution in [1.82, 2.24) is 25.2 Å². The molecule has 1 aromatic carbocycles. The van der Waals surface area contributed by atoms with Gasteiger partial charge < -0.3 is 10.2 Å². The molecule has 2 aromatic heterocycles. The number of hydrogen-bond donors (Lipinski definition) is 1. The van der Waals surface area contributed by atoms with E-state index in [0.717, 1.165) is 69.6 Å². The van der Waals surface area contributed by atoms with Crippen LogP contribution >= 0.6 is 0 Å². The monoisotopic (exact) mass is 426 g/mol. The van der Waals surface area contributed by atoms with Crippen LogP contribution in [-0.4, -0.2) is 59.1 Å². The second-order valence-corrected chi connectivity index (χ2v) is 9.38. The number of fused-ring (bicyclic) bond motifs is 4. The van der Waals surface area contributed by atoms with Gasteiger partial charge in [0.05, 0.1) is 11.4 Å². The van der Waals surface area contributed by atoms with Gasteiger partial charge in [0.1, 0.15) is 0 Å². The van der Waals surface area contributed by atoms with E-state index >= 15 is 0 Å². The Balaban J connectivity index is 1.23. The van der Waals surface area contributed by atoms with Crippen molar-refractivity contribution in [2.24, 2.45) is 0 Å². The molecule has 1 N–H and O–H groups in total. The summed E-state index contributed by atoms with van der Waals surface area (Å²) in [5.74, 6) is 0.872. The second kappa shape index (κ2) is 8.26. The normalized spacial score (nSPS) is 20.1. The zero-order chi connectivity index (χ0) is 21.4. The van der Waals surface area contributed by atoms with Crippen LogP contribution in [0.5, 0.6) is 0 Å². The first kappa shape index (κ1) is 19.8. The van der Waals surface area contributed by atoms with E-state index in [-0.39, 0.29) is 5.41 Å². The first-order valence-corrected chi connectivity index (χ1v) is 11.8. The zero-order valence-corrected chi connectivity index (χ0v) is 18.5. The van der Waals surface area contributed by atoms with Gasteiger partial charge in [-0.3, -0.25) is 9.88 Å². The number of nitrogens with one attached hydrogen (secondary N) is 1. The number of piperidine rings is 1. The fourth-order valence-corrected chi connectivity index (χ4v) is 5.70. The minimum Gasteiger partial charge on any atom is -0.338 e. The van der Waals surface area contributed by atoms with Crippen molar-refractivity contribution in [2.45, 2.75) is 31.2 Å². The number of aromatic nitrogens is 3. The van der Waals surface area contributed by atoms with E-state index in [9.17, 15) is 0 Å². The molecule has 2 saturated heterocycles. The Morgan fingerprint density at radius 3 is 2.53 bits per heavy atom. The Morgan fingerprint density at radius 1 is 0.906 bits per heavy atom. The van der Waals surface area contributed by atoms with Gasteiger partial charge in [-0.15, -0.1) is 0 Å². The van der Waals surface area contributed by atoms with Crippen molar-refractivity contribution in [3.05, 3.63) is 71.7 Å². The van der Waals surface area contributed by atoms with E-state index in [1.54, 1.807) is 0 Å². The first-order valence-electron chi connectivity index (χ1n) is 11.8. The summed E-state index contributed by atoms with van der Waals surface area (Å²) in [5.41, 5.74) is 6.62. The molecule has 0 bridgehead atoms. The molecule has 0 saturated carbocycles. The minimum atomic E-state index is 0.233. The van der Waals surface area contributed by atoms with Crippen LogP contribution in [0.4, 0.5) is 5.95 Å². The van der Waals surface area contributed by atoms with Crippen LogP contribution < -0.4 is 10.2 Å². The maximum Gasteiger partial charge on any atom is 0.225 e. The Hall–Kier alpha value is -2.83. The van der Waals surface area contributed by atoms with Gasteiger partial charge >= 0.3 is 0 Å². The third-order valence-corrected chi connectivity index (χ3v) is 7.46. The molecule has 2 fully saturated rings. The number of hydrogen-bond acceptors (Lipinski definition) is 6. The molecule has 4 heterocycles. The van der Waals surface area contributed by atoms with E-state index in [2.05, 4.69) is 62.7 Å². The van der Waals surface area contributed by atoms with Crippen molar-refractivity contribution in [1.29, 1.82) is 0 Å². The van der Waals surface area contributed by atoms with Crippen LogP contribution in [0.25, 0.3) is 11.3 Å². The van der Waals surface area contributed by atoms with Crippen LogP contribution in [0.3, 0.4) is 0 Å². The molecule has 6 nitrogen and oxygen atoms in total. The lowest BCUT2D eigenvalue weighted by Gasteiger charge is -2.43. The van der Waals surface area contributed by atoms with Crippen LogP contribution in [0, 0.1) is 0 Å². The summed E-state index contributed by atoms with van der Waals surface area (Å²) in [6, 6.07) is 15.1. The average molecular weight is 427 g/mol. The summed E-state index contributed by atoms with van der Waals surface area (Å²) in [6.07, 6.45) is 7.40. The summed E-state index contributed by atoms with van der Waals surface area (Å²) in [6.45, 7) is 6.99. The van der Waals surface area contributed by atoms with Gasteiger partial charge in [0.2, 0.25) is 5.95 Å². The topological polar surface area (TPSA) is 57.2 Å². The van der Waals surface area contributed by atoms with Crippen LogP contribution in [0.2, 0.25) is 0 Å². The minimum absolute atomic E-state index is 0.233. The smallest absolute Gasteiger partial charge is 0.225 e. The number of anilines is 1. The molecule has 32 heavy (non-hydrogen) atoms. The number of benzene rings is 1. The zero-order valence-electron chi connectivity index (χ0n) is 18.5. The molecule has 1 spiro atoms. The first-order chi connectivity index (χ1) is 15.8. The highest BCUT2D eigenvalue weighted by atomic mass is 15.3. The molecule has 0 unspecified atom stereocenters. The van der Waals surface area contributed by atoms with Crippen molar-refractivity contribution in [2.75, 3.05) is 44.2 Å². The maximum atomic E-state index is 5.13. The van der Waals surface area contributed by atoms with Gasteiger partial charge in [0.15, 0.2) is 0 Å². The fraction of sp³-hybridized carbons (Fsp3) is 0.423. The van der Waals surface area contributed by atoms with E-state index < -0.39 is 0 Å². The molecule has 1 aliphatic carbocycles. The van der Waals surface area contributed by atoms with E-state index in [1.165, 1.54) is 29.5 Å². The molecule has 3 aliphatic rings. The van der Waals surface area contributed by atoms with E-state index in [1.807, 2.05) is 12.3 Å². The third-order valence-electron chi connectivity index (χ3n) is 7.46. The maximum absolute atomic E-state index is 5.13. The third kappa shape index (κ3) is 3.57.